The van der Waals surface area contributed by atoms with E-state index in [1.165, 1.54) is 0 Å². The second kappa shape index (κ2) is 4.75. The van der Waals surface area contributed by atoms with E-state index in [9.17, 15) is 0 Å². The largest absolute Gasteiger partial charge is 0.379 e. The summed E-state index contributed by atoms with van der Waals surface area (Å²) in [7, 11) is 0. The number of anilines is 1. The maximum Gasteiger partial charge on any atom is 0.127 e. The molecule has 1 saturated heterocycles. The minimum absolute atomic E-state index is 0.408. The topological polar surface area (TPSA) is 34.1 Å². The highest BCUT2D eigenvalue weighted by atomic mass is 79.9. The molecule has 0 aliphatic carbocycles. The third kappa shape index (κ3) is 2.69. The van der Waals surface area contributed by atoms with Gasteiger partial charge in [0.05, 0.1) is 12.6 Å². The summed E-state index contributed by atoms with van der Waals surface area (Å²) in [4.78, 5) is 4.32. The monoisotopic (exact) mass is 256 g/mol. The molecule has 1 aliphatic heterocycles. The van der Waals surface area contributed by atoms with Gasteiger partial charge in [-0.15, -0.1) is 0 Å². The van der Waals surface area contributed by atoms with E-state index in [0.29, 0.717) is 6.04 Å². The van der Waals surface area contributed by atoms with Crippen LogP contribution in [0, 0.1) is 0 Å². The zero-order valence-corrected chi connectivity index (χ0v) is 9.46. The molecule has 1 atom stereocenters. The van der Waals surface area contributed by atoms with Gasteiger partial charge in [-0.05, 0) is 40.9 Å². The van der Waals surface area contributed by atoms with Crippen LogP contribution >= 0.6 is 15.9 Å². The molecule has 0 radical (unpaired) electrons. The summed E-state index contributed by atoms with van der Waals surface area (Å²) in [6.45, 7) is 1.68. The number of pyridine rings is 1. The lowest BCUT2D eigenvalue weighted by atomic mass is 10.1. The highest BCUT2D eigenvalue weighted by molar-refractivity contribution is 9.10. The van der Waals surface area contributed by atoms with E-state index in [1.54, 1.807) is 0 Å². The third-order valence-corrected chi connectivity index (χ3v) is 2.67. The molecule has 3 nitrogen and oxygen atoms in total. The molecule has 1 fully saturated rings. The average Bonchev–Trinajstić information content (AvgIpc) is 2.19. The fraction of sp³-hybridized carbons (Fsp3) is 0.500. The van der Waals surface area contributed by atoms with Crippen LogP contribution in [0.1, 0.15) is 12.8 Å². The van der Waals surface area contributed by atoms with Crippen molar-refractivity contribution in [3.63, 3.8) is 0 Å². The van der Waals surface area contributed by atoms with Crippen molar-refractivity contribution in [3.05, 3.63) is 22.8 Å². The Morgan fingerprint density at radius 2 is 2.43 bits per heavy atom. The van der Waals surface area contributed by atoms with Gasteiger partial charge in [-0.25, -0.2) is 4.98 Å². The average molecular weight is 257 g/mol. The second-order valence-corrected chi connectivity index (χ2v) is 4.22. The van der Waals surface area contributed by atoms with Crippen molar-refractivity contribution in [2.75, 3.05) is 18.5 Å². The number of ether oxygens (including phenoxy) is 1. The van der Waals surface area contributed by atoms with Gasteiger partial charge >= 0.3 is 0 Å². The minimum atomic E-state index is 0.408. The lowest BCUT2D eigenvalue weighted by Crippen LogP contribution is -2.30. The standard InChI is InChI=1S/C10H13BrN2O/c11-9-4-1-5-10(13-9)12-8-3-2-6-14-7-8/h1,4-5,8H,2-3,6-7H2,(H,12,13). The van der Waals surface area contributed by atoms with E-state index in [0.717, 1.165) is 36.5 Å². The van der Waals surface area contributed by atoms with Gasteiger partial charge < -0.3 is 10.1 Å². The van der Waals surface area contributed by atoms with E-state index in [4.69, 9.17) is 4.74 Å². The summed E-state index contributed by atoms with van der Waals surface area (Å²) in [5.74, 6) is 0.912. The van der Waals surface area contributed by atoms with Crippen LogP contribution in [0.5, 0.6) is 0 Å². The Morgan fingerprint density at radius 1 is 1.50 bits per heavy atom. The summed E-state index contributed by atoms with van der Waals surface area (Å²) in [5.41, 5.74) is 0. The van der Waals surface area contributed by atoms with Gasteiger partial charge in [0, 0.05) is 6.61 Å². The zero-order valence-electron chi connectivity index (χ0n) is 7.87. The molecule has 0 saturated carbocycles. The van der Waals surface area contributed by atoms with Crippen LogP contribution in [-0.4, -0.2) is 24.2 Å². The number of rotatable bonds is 2. The van der Waals surface area contributed by atoms with Gasteiger partial charge in [-0.1, -0.05) is 6.07 Å². The Bertz CT molecular complexity index is 300. The molecule has 1 aliphatic rings. The number of halogens is 1. The van der Waals surface area contributed by atoms with E-state index in [2.05, 4.69) is 26.2 Å². The van der Waals surface area contributed by atoms with Crippen molar-refractivity contribution in [3.8, 4) is 0 Å². The molecular weight excluding hydrogens is 244 g/mol. The van der Waals surface area contributed by atoms with Crippen molar-refractivity contribution in [1.29, 1.82) is 0 Å². The molecule has 0 amide bonds. The highest BCUT2D eigenvalue weighted by Gasteiger charge is 2.13. The van der Waals surface area contributed by atoms with Gasteiger partial charge in [-0.3, -0.25) is 0 Å². The number of hydrogen-bond acceptors (Lipinski definition) is 3. The Kier molecular flexibility index (Phi) is 3.37. The molecule has 1 aromatic heterocycles. The van der Waals surface area contributed by atoms with Crippen molar-refractivity contribution in [2.24, 2.45) is 0 Å². The third-order valence-electron chi connectivity index (χ3n) is 2.23. The predicted octanol–water partition coefficient (Wildman–Crippen LogP) is 2.44. The lowest BCUT2D eigenvalue weighted by molar-refractivity contribution is 0.0875. The molecule has 2 rings (SSSR count). The van der Waals surface area contributed by atoms with Gasteiger partial charge in [0.15, 0.2) is 0 Å². The first-order valence-corrected chi connectivity index (χ1v) is 5.61. The Morgan fingerprint density at radius 3 is 3.14 bits per heavy atom. The van der Waals surface area contributed by atoms with Gasteiger partial charge in [0.1, 0.15) is 10.4 Å². The minimum Gasteiger partial charge on any atom is -0.379 e. The Hall–Kier alpha value is -0.610. The lowest BCUT2D eigenvalue weighted by Gasteiger charge is -2.23. The van der Waals surface area contributed by atoms with E-state index in [1.807, 2.05) is 18.2 Å². The summed E-state index contributed by atoms with van der Waals surface area (Å²) in [6.07, 6.45) is 2.29. The predicted molar refractivity (Wildman–Crippen MR) is 59.4 cm³/mol. The first kappa shape index (κ1) is 9.93. The summed E-state index contributed by atoms with van der Waals surface area (Å²) >= 11 is 3.34. The quantitative estimate of drug-likeness (QED) is 0.826. The van der Waals surface area contributed by atoms with E-state index < -0.39 is 0 Å². The molecule has 0 spiro atoms. The Labute approximate surface area is 92.0 Å². The highest BCUT2D eigenvalue weighted by Crippen LogP contribution is 2.14. The second-order valence-electron chi connectivity index (χ2n) is 3.40. The maximum atomic E-state index is 5.38. The number of nitrogens with one attached hydrogen (secondary N) is 1. The van der Waals surface area contributed by atoms with Crippen molar-refractivity contribution < 1.29 is 4.74 Å². The molecule has 1 aromatic rings. The molecule has 1 N–H and O–H groups in total. The van der Waals surface area contributed by atoms with Crippen LogP contribution in [0.4, 0.5) is 5.82 Å². The van der Waals surface area contributed by atoms with Gasteiger partial charge in [0.25, 0.3) is 0 Å². The van der Waals surface area contributed by atoms with Crippen molar-refractivity contribution >= 4 is 21.7 Å². The fourth-order valence-corrected chi connectivity index (χ4v) is 1.90. The zero-order chi connectivity index (χ0) is 9.80. The van der Waals surface area contributed by atoms with Crippen LogP contribution < -0.4 is 5.32 Å². The van der Waals surface area contributed by atoms with Crippen molar-refractivity contribution in [2.45, 2.75) is 18.9 Å². The molecule has 2 heterocycles. The van der Waals surface area contributed by atoms with Crippen LogP contribution in [0.25, 0.3) is 0 Å². The Balaban J connectivity index is 1.95. The SMILES string of the molecule is Brc1cccc(NC2CCCOC2)n1. The molecular formula is C10H13BrN2O. The van der Waals surface area contributed by atoms with E-state index >= 15 is 0 Å². The van der Waals surface area contributed by atoms with Crippen LogP contribution in [-0.2, 0) is 4.74 Å². The summed E-state index contributed by atoms with van der Waals surface area (Å²) < 4.78 is 6.24. The fourth-order valence-electron chi connectivity index (χ4n) is 1.55. The smallest absolute Gasteiger partial charge is 0.127 e. The molecule has 14 heavy (non-hydrogen) atoms. The van der Waals surface area contributed by atoms with Crippen LogP contribution in [0.15, 0.2) is 22.8 Å². The van der Waals surface area contributed by atoms with Crippen molar-refractivity contribution in [1.82, 2.24) is 4.98 Å². The summed E-state index contributed by atoms with van der Waals surface area (Å²) in [6, 6.07) is 6.27. The number of aromatic nitrogens is 1. The first-order valence-electron chi connectivity index (χ1n) is 4.81. The van der Waals surface area contributed by atoms with Crippen LogP contribution in [0.2, 0.25) is 0 Å². The molecule has 0 aromatic carbocycles. The van der Waals surface area contributed by atoms with E-state index in [-0.39, 0.29) is 0 Å². The number of nitrogens with zero attached hydrogens (tertiary/aromatic N) is 1. The first-order chi connectivity index (χ1) is 6.84. The molecule has 76 valence electrons. The van der Waals surface area contributed by atoms with Crippen LogP contribution in [0.3, 0.4) is 0 Å². The molecule has 1 unspecified atom stereocenters. The van der Waals surface area contributed by atoms with Gasteiger partial charge in [0.2, 0.25) is 0 Å². The van der Waals surface area contributed by atoms with Gasteiger partial charge in [-0.2, -0.15) is 0 Å². The normalized spacial score (nSPS) is 21.9. The maximum absolute atomic E-state index is 5.38. The number of hydrogen-bond donors (Lipinski definition) is 1. The summed E-state index contributed by atoms with van der Waals surface area (Å²) in [5, 5.41) is 3.36. The molecule has 0 bridgehead atoms. The molecule has 4 heteroatoms.